The SMILES string of the molecule is Cc1cc(C)c2nc(N3CCC(C(=O)NCCCOC(C)C)CC3)sc2c1. The maximum atomic E-state index is 12.4. The fourth-order valence-electron chi connectivity index (χ4n) is 3.57. The molecule has 6 heteroatoms. The second kappa shape index (κ2) is 9.02. The lowest BCUT2D eigenvalue weighted by Gasteiger charge is -2.31. The molecule has 1 aliphatic heterocycles. The minimum absolute atomic E-state index is 0.116. The highest BCUT2D eigenvalue weighted by Gasteiger charge is 2.26. The summed E-state index contributed by atoms with van der Waals surface area (Å²) < 4.78 is 6.76. The number of fused-ring (bicyclic) bond motifs is 1. The van der Waals surface area contributed by atoms with Crippen LogP contribution in [-0.2, 0) is 9.53 Å². The first kappa shape index (κ1) is 20.1. The first-order chi connectivity index (χ1) is 12.9. The molecule has 3 rings (SSSR count). The predicted molar refractivity (Wildman–Crippen MR) is 113 cm³/mol. The number of anilines is 1. The van der Waals surface area contributed by atoms with Crippen molar-refractivity contribution in [2.75, 3.05) is 31.1 Å². The van der Waals surface area contributed by atoms with E-state index >= 15 is 0 Å². The molecule has 1 saturated heterocycles. The average molecular weight is 390 g/mol. The molecule has 0 bridgehead atoms. The van der Waals surface area contributed by atoms with E-state index in [1.54, 1.807) is 11.3 Å². The van der Waals surface area contributed by atoms with Crippen molar-refractivity contribution in [2.24, 2.45) is 5.92 Å². The number of aryl methyl sites for hydroxylation is 2. The van der Waals surface area contributed by atoms with Gasteiger partial charge < -0.3 is 15.0 Å². The molecule has 2 heterocycles. The van der Waals surface area contributed by atoms with Crippen molar-refractivity contribution < 1.29 is 9.53 Å². The van der Waals surface area contributed by atoms with Crippen LogP contribution in [0, 0.1) is 19.8 Å². The fraction of sp³-hybridized carbons (Fsp3) is 0.619. The average Bonchev–Trinajstić information content (AvgIpc) is 3.05. The molecule has 0 spiro atoms. The van der Waals surface area contributed by atoms with Gasteiger partial charge in [-0.1, -0.05) is 17.4 Å². The van der Waals surface area contributed by atoms with Gasteiger partial charge in [-0.3, -0.25) is 4.79 Å². The number of ether oxygens (including phenoxy) is 1. The molecule has 148 valence electrons. The van der Waals surface area contributed by atoms with Crippen LogP contribution in [0.15, 0.2) is 12.1 Å². The van der Waals surface area contributed by atoms with Crippen molar-refractivity contribution in [1.29, 1.82) is 0 Å². The zero-order valence-corrected chi connectivity index (χ0v) is 17.7. The summed E-state index contributed by atoms with van der Waals surface area (Å²) in [5, 5.41) is 4.15. The molecule has 0 atom stereocenters. The largest absolute Gasteiger partial charge is 0.379 e. The van der Waals surface area contributed by atoms with Gasteiger partial charge in [0.1, 0.15) is 0 Å². The normalized spacial score (nSPS) is 15.7. The zero-order chi connectivity index (χ0) is 19.4. The molecule has 1 N–H and O–H groups in total. The van der Waals surface area contributed by atoms with Crippen molar-refractivity contribution >= 4 is 32.6 Å². The number of amides is 1. The summed E-state index contributed by atoms with van der Waals surface area (Å²) in [6.45, 7) is 11.5. The molecule has 1 aromatic heterocycles. The molecule has 27 heavy (non-hydrogen) atoms. The summed E-state index contributed by atoms with van der Waals surface area (Å²) in [6, 6.07) is 4.40. The van der Waals surface area contributed by atoms with E-state index in [1.807, 2.05) is 13.8 Å². The summed E-state index contributed by atoms with van der Waals surface area (Å²) in [4.78, 5) is 19.6. The maximum Gasteiger partial charge on any atom is 0.223 e. The quantitative estimate of drug-likeness (QED) is 0.726. The van der Waals surface area contributed by atoms with Crippen LogP contribution in [0.1, 0.15) is 44.2 Å². The van der Waals surface area contributed by atoms with Crippen LogP contribution >= 0.6 is 11.3 Å². The summed E-state index contributed by atoms with van der Waals surface area (Å²) in [5.41, 5.74) is 3.64. The van der Waals surface area contributed by atoms with Crippen molar-refractivity contribution in [2.45, 2.75) is 53.1 Å². The summed E-state index contributed by atoms with van der Waals surface area (Å²) in [5.74, 6) is 0.306. The first-order valence-corrected chi connectivity index (χ1v) is 10.8. The fourth-order valence-corrected chi connectivity index (χ4v) is 4.77. The Labute approximate surface area is 166 Å². The third-order valence-corrected chi connectivity index (χ3v) is 6.09. The standard InChI is InChI=1S/C21H31N3O2S/c1-14(2)26-11-5-8-22-20(25)17-6-9-24(10-7-17)21-23-19-16(4)12-15(3)13-18(19)27-21/h12-14,17H,5-11H2,1-4H3,(H,22,25). The molecule has 0 aliphatic carbocycles. The third-order valence-electron chi connectivity index (χ3n) is 5.03. The lowest BCUT2D eigenvalue weighted by Crippen LogP contribution is -2.41. The number of hydrogen-bond donors (Lipinski definition) is 1. The Balaban J connectivity index is 1.49. The van der Waals surface area contributed by atoms with Gasteiger partial charge in [0.05, 0.1) is 16.3 Å². The molecule has 0 radical (unpaired) electrons. The summed E-state index contributed by atoms with van der Waals surface area (Å²) in [6.07, 6.45) is 2.90. The number of carbonyl (C=O) groups excluding carboxylic acids is 1. The van der Waals surface area contributed by atoms with E-state index in [0.717, 1.165) is 43.0 Å². The highest BCUT2D eigenvalue weighted by atomic mass is 32.1. The van der Waals surface area contributed by atoms with E-state index < -0.39 is 0 Å². The maximum absolute atomic E-state index is 12.4. The Bertz CT molecular complexity index is 779. The highest BCUT2D eigenvalue weighted by molar-refractivity contribution is 7.22. The number of benzene rings is 1. The van der Waals surface area contributed by atoms with Crippen LogP contribution < -0.4 is 10.2 Å². The summed E-state index contributed by atoms with van der Waals surface area (Å²) in [7, 11) is 0. The van der Waals surface area contributed by atoms with Gasteiger partial charge in [0.25, 0.3) is 0 Å². The van der Waals surface area contributed by atoms with Gasteiger partial charge in [0.15, 0.2) is 5.13 Å². The summed E-state index contributed by atoms with van der Waals surface area (Å²) >= 11 is 1.76. The second-order valence-corrected chi connectivity index (χ2v) is 8.76. The molecule has 0 unspecified atom stereocenters. The van der Waals surface area contributed by atoms with Crippen molar-refractivity contribution in [3.63, 3.8) is 0 Å². The van der Waals surface area contributed by atoms with E-state index in [9.17, 15) is 4.79 Å². The molecule has 1 aromatic carbocycles. The second-order valence-electron chi connectivity index (χ2n) is 7.75. The smallest absolute Gasteiger partial charge is 0.223 e. The van der Waals surface area contributed by atoms with Gasteiger partial charge in [-0.2, -0.15) is 0 Å². The molecule has 1 fully saturated rings. The molecule has 2 aromatic rings. The molecule has 5 nitrogen and oxygen atoms in total. The van der Waals surface area contributed by atoms with Crippen LogP contribution in [0.25, 0.3) is 10.2 Å². The highest BCUT2D eigenvalue weighted by Crippen LogP contribution is 2.33. The number of thiazole rings is 1. The van der Waals surface area contributed by atoms with Gasteiger partial charge in [0.2, 0.25) is 5.91 Å². The van der Waals surface area contributed by atoms with Gasteiger partial charge in [-0.05, 0) is 64.2 Å². The van der Waals surface area contributed by atoms with Crippen LogP contribution in [0.5, 0.6) is 0 Å². The van der Waals surface area contributed by atoms with Gasteiger partial charge in [-0.25, -0.2) is 4.98 Å². The van der Waals surface area contributed by atoms with E-state index in [1.165, 1.54) is 15.8 Å². The third kappa shape index (κ3) is 5.20. The number of piperidine rings is 1. The number of hydrogen-bond acceptors (Lipinski definition) is 5. The molecule has 1 aliphatic rings. The van der Waals surface area contributed by atoms with Gasteiger partial charge >= 0.3 is 0 Å². The van der Waals surface area contributed by atoms with Crippen molar-refractivity contribution in [3.05, 3.63) is 23.3 Å². The molecule has 0 saturated carbocycles. The Kier molecular flexibility index (Phi) is 6.71. The van der Waals surface area contributed by atoms with Gasteiger partial charge in [0, 0.05) is 32.2 Å². The Morgan fingerprint density at radius 3 is 2.78 bits per heavy atom. The minimum Gasteiger partial charge on any atom is -0.379 e. The monoisotopic (exact) mass is 389 g/mol. The molecule has 1 amide bonds. The van der Waals surface area contributed by atoms with Crippen molar-refractivity contribution in [1.82, 2.24) is 10.3 Å². The van der Waals surface area contributed by atoms with E-state index in [-0.39, 0.29) is 17.9 Å². The van der Waals surface area contributed by atoms with E-state index in [4.69, 9.17) is 9.72 Å². The van der Waals surface area contributed by atoms with Crippen LogP contribution in [-0.4, -0.2) is 43.2 Å². The van der Waals surface area contributed by atoms with E-state index in [0.29, 0.717) is 13.2 Å². The number of carbonyl (C=O) groups is 1. The van der Waals surface area contributed by atoms with Crippen LogP contribution in [0.3, 0.4) is 0 Å². The Morgan fingerprint density at radius 1 is 1.33 bits per heavy atom. The topological polar surface area (TPSA) is 54.5 Å². The predicted octanol–water partition coefficient (Wildman–Crippen LogP) is 4.06. The Morgan fingerprint density at radius 2 is 2.07 bits per heavy atom. The number of aromatic nitrogens is 1. The molecular weight excluding hydrogens is 358 g/mol. The molecular formula is C21H31N3O2S. The Hall–Kier alpha value is -1.66. The van der Waals surface area contributed by atoms with Crippen LogP contribution in [0.4, 0.5) is 5.13 Å². The van der Waals surface area contributed by atoms with Gasteiger partial charge in [-0.15, -0.1) is 0 Å². The number of rotatable bonds is 7. The minimum atomic E-state index is 0.116. The number of nitrogens with zero attached hydrogens (tertiary/aromatic N) is 2. The van der Waals surface area contributed by atoms with Crippen LogP contribution in [0.2, 0.25) is 0 Å². The number of nitrogens with one attached hydrogen (secondary N) is 1. The zero-order valence-electron chi connectivity index (χ0n) is 16.9. The lowest BCUT2D eigenvalue weighted by atomic mass is 9.96. The first-order valence-electron chi connectivity index (χ1n) is 9.96. The van der Waals surface area contributed by atoms with E-state index in [2.05, 4.69) is 36.2 Å². The van der Waals surface area contributed by atoms with Crippen molar-refractivity contribution in [3.8, 4) is 0 Å². The lowest BCUT2D eigenvalue weighted by molar-refractivity contribution is -0.125.